The lowest BCUT2D eigenvalue weighted by molar-refractivity contribution is -0.130. The third-order valence-corrected chi connectivity index (χ3v) is 7.36. The summed E-state index contributed by atoms with van der Waals surface area (Å²) in [6, 6.07) is 0. The predicted octanol–water partition coefficient (Wildman–Crippen LogP) is 3.91. The van der Waals surface area contributed by atoms with E-state index < -0.39 is 0 Å². The number of hydrogen-bond donors (Lipinski definition) is 0. The molecule has 3 fully saturated rings. The van der Waals surface area contributed by atoms with Crippen LogP contribution in [0.25, 0.3) is 0 Å². The van der Waals surface area contributed by atoms with Gasteiger partial charge >= 0.3 is 0 Å². The maximum absolute atomic E-state index is 12.4. The van der Waals surface area contributed by atoms with Gasteiger partial charge in [0.05, 0.1) is 0 Å². The minimum atomic E-state index is -0.177. The second-order valence-corrected chi connectivity index (χ2v) is 8.38. The van der Waals surface area contributed by atoms with E-state index in [4.69, 9.17) is 11.6 Å². The quantitative estimate of drug-likeness (QED) is 0.502. The number of allylic oxidation sites excluding steroid dienone is 2. The Morgan fingerprint density at radius 1 is 1.24 bits per heavy atom. The SMILES string of the molecule is C[C@]12C[C@H](Cl)[C@H]3[C@@H](CC=C4CC(=O)CC[C@@H]43)[C@@H]1CCC2=O. The van der Waals surface area contributed by atoms with Gasteiger partial charge in [0, 0.05) is 30.1 Å². The summed E-state index contributed by atoms with van der Waals surface area (Å²) < 4.78 is 0. The van der Waals surface area contributed by atoms with Gasteiger partial charge in [-0.25, -0.2) is 0 Å². The summed E-state index contributed by atoms with van der Waals surface area (Å²) in [6.07, 6.45) is 8.33. The molecule has 0 aromatic rings. The molecule has 4 aliphatic rings. The fraction of sp³-hybridized carbons (Fsp3) is 0.778. The van der Waals surface area contributed by atoms with E-state index in [2.05, 4.69) is 13.0 Å². The average Bonchev–Trinajstić information content (AvgIpc) is 2.74. The summed E-state index contributed by atoms with van der Waals surface area (Å²) >= 11 is 6.80. The lowest BCUT2D eigenvalue weighted by atomic mass is 9.53. The lowest BCUT2D eigenvalue weighted by Gasteiger charge is -2.53. The summed E-state index contributed by atoms with van der Waals surface area (Å²) in [5, 5.41) is 0.0974. The number of carbonyl (C=O) groups excluding carboxylic acids is 2. The monoisotopic (exact) mass is 306 g/mol. The smallest absolute Gasteiger partial charge is 0.139 e. The average molecular weight is 307 g/mol. The highest BCUT2D eigenvalue weighted by Crippen LogP contribution is 2.61. The number of hydrogen-bond acceptors (Lipinski definition) is 2. The second-order valence-electron chi connectivity index (χ2n) is 7.82. The van der Waals surface area contributed by atoms with E-state index in [9.17, 15) is 9.59 Å². The molecule has 0 spiro atoms. The fourth-order valence-corrected chi connectivity index (χ4v) is 6.58. The summed E-state index contributed by atoms with van der Waals surface area (Å²) in [5.74, 6) is 2.89. The first kappa shape index (κ1) is 14.0. The first-order valence-electron chi connectivity index (χ1n) is 8.38. The Labute approximate surface area is 131 Å². The molecule has 4 rings (SSSR count). The molecule has 3 heteroatoms. The van der Waals surface area contributed by atoms with Crippen molar-refractivity contribution < 1.29 is 9.59 Å². The summed E-state index contributed by atoms with van der Waals surface area (Å²) in [7, 11) is 0. The molecule has 0 heterocycles. The maximum Gasteiger partial charge on any atom is 0.139 e. The van der Waals surface area contributed by atoms with Crippen molar-refractivity contribution in [1.82, 2.24) is 0 Å². The number of alkyl halides is 1. The van der Waals surface area contributed by atoms with E-state index in [0.717, 1.165) is 38.5 Å². The second kappa shape index (κ2) is 4.68. The molecule has 0 aliphatic heterocycles. The Morgan fingerprint density at radius 3 is 2.86 bits per heavy atom. The molecule has 0 amide bonds. The molecule has 0 radical (unpaired) electrons. The van der Waals surface area contributed by atoms with Crippen LogP contribution in [0.4, 0.5) is 0 Å². The van der Waals surface area contributed by atoms with Gasteiger partial charge in [-0.05, 0) is 49.4 Å². The summed E-state index contributed by atoms with van der Waals surface area (Å²) in [4.78, 5) is 24.1. The summed E-state index contributed by atoms with van der Waals surface area (Å²) in [5.41, 5.74) is 1.18. The highest BCUT2D eigenvalue weighted by molar-refractivity contribution is 6.21. The van der Waals surface area contributed by atoms with Crippen molar-refractivity contribution in [3.05, 3.63) is 11.6 Å². The van der Waals surface area contributed by atoms with Crippen molar-refractivity contribution in [3.8, 4) is 0 Å². The Bertz CT molecular complexity index is 537. The highest BCUT2D eigenvalue weighted by atomic mass is 35.5. The van der Waals surface area contributed by atoms with Crippen molar-refractivity contribution in [3.63, 3.8) is 0 Å². The normalized spacial score (nSPS) is 49.2. The van der Waals surface area contributed by atoms with E-state index in [1.807, 2.05) is 0 Å². The van der Waals surface area contributed by atoms with Crippen LogP contribution < -0.4 is 0 Å². The Kier molecular flexibility index (Phi) is 3.12. The van der Waals surface area contributed by atoms with Gasteiger partial charge in [-0.15, -0.1) is 11.6 Å². The van der Waals surface area contributed by atoms with Gasteiger partial charge in [0.25, 0.3) is 0 Å². The van der Waals surface area contributed by atoms with Gasteiger partial charge in [-0.1, -0.05) is 18.6 Å². The standard InChI is InChI=1S/C18H23ClO2/c1-18-9-15(19)17-12-5-3-11(20)8-10(12)2-4-13(17)14(18)6-7-16(18)21/h2,12-15,17H,3-9H2,1H3/t12-,13-,14-,15-,17+,18-/m0/s1. The molecule has 0 unspecified atom stereocenters. The highest BCUT2D eigenvalue weighted by Gasteiger charge is 2.58. The number of carbonyl (C=O) groups is 2. The molecule has 0 aromatic heterocycles. The number of rotatable bonds is 0. The minimum absolute atomic E-state index is 0.0974. The lowest BCUT2D eigenvalue weighted by Crippen LogP contribution is -2.51. The van der Waals surface area contributed by atoms with Crippen LogP contribution in [0.1, 0.15) is 51.9 Å². The van der Waals surface area contributed by atoms with Crippen LogP contribution in [0, 0.1) is 29.1 Å². The molecule has 0 bridgehead atoms. The number of fused-ring (bicyclic) bond motifs is 5. The molecule has 4 aliphatic carbocycles. The molecule has 3 saturated carbocycles. The molecule has 114 valence electrons. The van der Waals surface area contributed by atoms with E-state index >= 15 is 0 Å². The van der Waals surface area contributed by atoms with E-state index in [1.165, 1.54) is 5.57 Å². The van der Waals surface area contributed by atoms with Crippen LogP contribution in [-0.4, -0.2) is 16.9 Å². The summed E-state index contributed by atoms with van der Waals surface area (Å²) in [6.45, 7) is 2.15. The third-order valence-electron chi connectivity index (χ3n) is 6.91. The number of ketones is 2. The van der Waals surface area contributed by atoms with Crippen molar-refractivity contribution in [2.75, 3.05) is 0 Å². The first-order valence-corrected chi connectivity index (χ1v) is 8.82. The molecule has 0 aromatic carbocycles. The van der Waals surface area contributed by atoms with Crippen LogP contribution in [0.2, 0.25) is 0 Å². The van der Waals surface area contributed by atoms with Crippen molar-refractivity contribution in [2.45, 2.75) is 57.2 Å². The Hall–Kier alpha value is -0.630. The van der Waals surface area contributed by atoms with Crippen molar-refractivity contribution >= 4 is 23.2 Å². The molecular formula is C18H23ClO2. The Balaban J connectivity index is 1.70. The van der Waals surface area contributed by atoms with Gasteiger partial charge in [0.1, 0.15) is 11.6 Å². The van der Waals surface area contributed by atoms with Gasteiger partial charge in [-0.2, -0.15) is 0 Å². The zero-order valence-corrected chi connectivity index (χ0v) is 13.4. The number of halogens is 1. The van der Waals surface area contributed by atoms with E-state index in [0.29, 0.717) is 41.7 Å². The van der Waals surface area contributed by atoms with Crippen LogP contribution >= 0.6 is 11.6 Å². The predicted molar refractivity (Wildman–Crippen MR) is 82.1 cm³/mol. The number of Topliss-reactive ketones (excluding diaryl/α,β-unsaturated/α-hetero) is 2. The topological polar surface area (TPSA) is 34.1 Å². The third kappa shape index (κ3) is 1.91. The van der Waals surface area contributed by atoms with Crippen LogP contribution in [-0.2, 0) is 9.59 Å². The maximum atomic E-state index is 12.4. The zero-order chi connectivity index (χ0) is 14.8. The molecule has 21 heavy (non-hydrogen) atoms. The van der Waals surface area contributed by atoms with Crippen molar-refractivity contribution in [1.29, 1.82) is 0 Å². The van der Waals surface area contributed by atoms with Gasteiger partial charge in [-0.3, -0.25) is 9.59 Å². The molecule has 0 N–H and O–H groups in total. The van der Waals surface area contributed by atoms with Gasteiger partial charge in [0.2, 0.25) is 0 Å². The molecule has 2 nitrogen and oxygen atoms in total. The van der Waals surface area contributed by atoms with Crippen LogP contribution in [0.15, 0.2) is 11.6 Å². The largest absolute Gasteiger partial charge is 0.299 e. The van der Waals surface area contributed by atoms with Gasteiger partial charge < -0.3 is 0 Å². The fourth-order valence-electron chi connectivity index (χ4n) is 5.90. The Morgan fingerprint density at radius 2 is 2.05 bits per heavy atom. The first-order chi connectivity index (χ1) is 10.0. The minimum Gasteiger partial charge on any atom is -0.299 e. The van der Waals surface area contributed by atoms with Crippen LogP contribution in [0.5, 0.6) is 0 Å². The van der Waals surface area contributed by atoms with Crippen molar-refractivity contribution in [2.24, 2.45) is 29.1 Å². The molecule has 0 saturated heterocycles. The van der Waals surface area contributed by atoms with Crippen LogP contribution in [0.3, 0.4) is 0 Å². The van der Waals surface area contributed by atoms with E-state index in [-0.39, 0.29) is 10.8 Å². The van der Waals surface area contributed by atoms with Gasteiger partial charge in [0.15, 0.2) is 0 Å². The zero-order valence-electron chi connectivity index (χ0n) is 12.6. The van der Waals surface area contributed by atoms with E-state index in [1.54, 1.807) is 0 Å². The molecule has 6 atom stereocenters. The molecular weight excluding hydrogens is 284 g/mol.